The van der Waals surface area contributed by atoms with Crippen molar-refractivity contribution in [2.45, 2.75) is 64.7 Å². The molecule has 0 aliphatic carbocycles. The molecule has 0 bridgehead atoms. The van der Waals surface area contributed by atoms with Crippen LogP contribution in [0.5, 0.6) is 0 Å². The van der Waals surface area contributed by atoms with Gasteiger partial charge in [0.05, 0.1) is 24.4 Å². The Labute approximate surface area is 203 Å². The average Bonchev–Trinajstić information content (AvgIpc) is 2.62. The summed E-state index contributed by atoms with van der Waals surface area (Å²) in [6.07, 6.45) is 2.62. The summed E-state index contributed by atoms with van der Waals surface area (Å²) in [7, 11) is -3.41. The van der Waals surface area contributed by atoms with Crippen LogP contribution in [0.3, 0.4) is 0 Å². The Morgan fingerprint density at radius 3 is 2.55 bits per heavy atom. The predicted octanol–water partition coefficient (Wildman–Crippen LogP) is 1.27. The molecule has 1 amide bonds. The molecule has 2 aliphatic heterocycles. The van der Waals surface area contributed by atoms with E-state index in [-0.39, 0.29) is 54.5 Å². The maximum atomic E-state index is 12.2. The van der Waals surface area contributed by atoms with E-state index in [2.05, 4.69) is 20.3 Å². The maximum Gasteiger partial charge on any atom is 0.410 e. The summed E-state index contributed by atoms with van der Waals surface area (Å²) in [4.78, 5) is 18.0. The van der Waals surface area contributed by atoms with Crippen LogP contribution in [0.25, 0.3) is 0 Å². The minimum atomic E-state index is -3.41. The smallest absolute Gasteiger partial charge is 0.410 e. The number of aliphatic imine (C=N–C) groups is 1. The average molecular weight is 576 g/mol. The Hall–Kier alpha value is -0.860. The lowest BCUT2D eigenvalue weighted by molar-refractivity contribution is 0.00700. The molecule has 0 saturated carbocycles. The van der Waals surface area contributed by atoms with E-state index in [4.69, 9.17) is 9.47 Å². The standard InChI is InChI=1S/C19H37N5O5S.HI/c1-5-20-17(23-15-13-24(14-15)18(25)29-19(2,3)4)21-9-11-30(26,27)22-12-16-8-6-7-10-28-16;/h15-16,22H,5-14H2,1-4H3,(H2,20,21,23);1H. The minimum Gasteiger partial charge on any atom is -0.444 e. The fourth-order valence-corrected chi connectivity index (χ4v) is 4.01. The first-order valence-corrected chi connectivity index (χ1v) is 12.3. The molecule has 10 nitrogen and oxygen atoms in total. The van der Waals surface area contributed by atoms with Crippen LogP contribution in [0.1, 0.15) is 47.0 Å². The van der Waals surface area contributed by atoms with Crippen LogP contribution in [0.2, 0.25) is 0 Å². The fraction of sp³-hybridized carbons (Fsp3) is 0.895. The summed E-state index contributed by atoms with van der Waals surface area (Å²) in [6, 6.07) is 0.0495. The highest BCUT2D eigenvalue weighted by Gasteiger charge is 2.34. The van der Waals surface area contributed by atoms with Gasteiger partial charge in [-0.15, -0.1) is 24.0 Å². The lowest BCUT2D eigenvalue weighted by Gasteiger charge is -2.40. The molecule has 1 unspecified atom stereocenters. The Kier molecular flexibility index (Phi) is 11.8. The van der Waals surface area contributed by atoms with E-state index in [0.717, 1.165) is 19.3 Å². The van der Waals surface area contributed by atoms with Gasteiger partial charge in [-0.2, -0.15) is 0 Å². The van der Waals surface area contributed by atoms with Crippen molar-refractivity contribution in [2.75, 3.05) is 45.1 Å². The van der Waals surface area contributed by atoms with Gasteiger partial charge in [-0.3, -0.25) is 4.99 Å². The zero-order chi connectivity index (χ0) is 22.2. The molecule has 2 heterocycles. The highest BCUT2D eigenvalue weighted by molar-refractivity contribution is 14.0. The van der Waals surface area contributed by atoms with Gasteiger partial charge in [0, 0.05) is 32.8 Å². The van der Waals surface area contributed by atoms with Gasteiger partial charge in [0.2, 0.25) is 10.0 Å². The molecule has 12 heteroatoms. The van der Waals surface area contributed by atoms with Crippen LogP contribution < -0.4 is 15.4 Å². The van der Waals surface area contributed by atoms with E-state index in [1.165, 1.54) is 0 Å². The first kappa shape index (κ1) is 28.2. The molecule has 3 N–H and O–H groups in total. The molecule has 2 rings (SSSR count). The third-order valence-corrected chi connectivity index (χ3v) is 5.98. The zero-order valence-corrected chi connectivity index (χ0v) is 22.1. The molecular formula is C19H38IN5O5S. The molecule has 2 saturated heterocycles. The van der Waals surface area contributed by atoms with Crippen molar-refractivity contribution in [1.29, 1.82) is 0 Å². The Morgan fingerprint density at radius 1 is 1.26 bits per heavy atom. The highest BCUT2D eigenvalue weighted by atomic mass is 127. The van der Waals surface area contributed by atoms with Crippen molar-refractivity contribution in [3.8, 4) is 0 Å². The second-order valence-electron chi connectivity index (χ2n) is 8.64. The Bertz CT molecular complexity index is 686. The zero-order valence-electron chi connectivity index (χ0n) is 19.0. The van der Waals surface area contributed by atoms with Crippen LogP contribution >= 0.6 is 24.0 Å². The van der Waals surface area contributed by atoms with Crippen LogP contribution in [-0.4, -0.2) is 88.2 Å². The summed E-state index contributed by atoms with van der Waals surface area (Å²) in [5, 5.41) is 6.33. The van der Waals surface area contributed by atoms with Gasteiger partial charge in [-0.1, -0.05) is 0 Å². The second-order valence-corrected chi connectivity index (χ2v) is 10.6. The SMILES string of the molecule is CCNC(=NCCS(=O)(=O)NCC1CCCCO1)NC1CN(C(=O)OC(C)(C)C)C1.I. The van der Waals surface area contributed by atoms with E-state index >= 15 is 0 Å². The number of hydrogen-bond donors (Lipinski definition) is 3. The van der Waals surface area contributed by atoms with Crippen molar-refractivity contribution in [2.24, 2.45) is 4.99 Å². The number of guanidine groups is 1. The Balaban J connectivity index is 0.00000480. The van der Waals surface area contributed by atoms with Crippen LogP contribution in [-0.2, 0) is 19.5 Å². The van der Waals surface area contributed by atoms with E-state index in [1.54, 1.807) is 4.90 Å². The first-order valence-electron chi connectivity index (χ1n) is 10.7. The summed E-state index contributed by atoms with van der Waals surface area (Å²) in [5.41, 5.74) is -0.519. The molecule has 2 aliphatic rings. The lowest BCUT2D eigenvalue weighted by Crippen LogP contribution is -2.63. The summed E-state index contributed by atoms with van der Waals surface area (Å²) < 4.78 is 37.9. The van der Waals surface area contributed by atoms with Gasteiger partial charge < -0.3 is 25.0 Å². The number of rotatable bonds is 8. The normalized spacial score (nSPS) is 20.5. The first-order chi connectivity index (χ1) is 14.1. The van der Waals surface area contributed by atoms with E-state index in [0.29, 0.717) is 38.7 Å². The number of carbonyl (C=O) groups is 1. The van der Waals surface area contributed by atoms with Crippen LogP contribution in [0, 0.1) is 0 Å². The second kappa shape index (κ2) is 13.0. The number of sulfonamides is 1. The number of likely N-dealkylation sites (tertiary alicyclic amines) is 1. The van der Waals surface area contributed by atoms with Crippen LogP contribution in [0.15, 0.2) is 4.99 Å². The largest absolute Gasteiger partial charge is 0.444 e. The third-order valence-electron chi connectivity index (χ3n) is 4.65. The Morgan fingerprint density at radius 2 is 1.97 bits per heavy atom. The summed E-state index contributed by atoms with van der Waals surface area (Å²) in [5.74, 6) is 0.447. The number of ether oxygens (including phenoxy) is 2. The lowest BCUT2D eigenvalue weighted by atomic mass is 10.1. The molecule has 1 atom stereocenters. The number of nitrogens with one attached hydrogen (secondary N) is 3. The molecule has 182 valence electrons. The molecule has 0 radical (unpaired) electrons. The van der Waals surface area contributed by atoms with Crippen LogP contribution in [0.4, 0.5) is 4.79 Å². The molecule has 2 fully saturated rings. The molecule has 0 aromatic rings. The molecule has 31 heavy (non-hydrogen) atoms. The van der Waals surface area contributed by atoms with Crippen molar-refractivity contribution in [3.63, 3.8) is 0 Å². The third kappa shape index (κ3) is 11.0. The van der Waals surface area contributed by atoms with Crippen molar-refractivity contribution >= 4 is 46.1 Å². The van der Waals surface area contributed by atoms with Gasteiger partial charge in [0.15, 0.2) is 5.96 Å². The van der Waals surface area contributed by atoms with Crippen molar-refractivity contribution in [3.05, 3.63) is 0 Å². The van der Waals surface area contributed by atoms with E-state index < -0.39 is 15.6 Å². The predicted molar refractivity (Wildman–Crippen MR) is 132 cm³/mol. The topological polar surface area (TPSA) is 121 Å². The van der Waals surface area contributed by atoms with Gasteiger partial charge in [0.1, 0.15) is 5.60 Å². The number of amides is 1. The summed E-state index contributed by atoms with van der Waals surface area (Å²) >= 11 is 0. The van der Waals surface area contributed by atoms with Gasteiger partial charge in [-0.05, 0) is 47.0 Å². The van der Waals surface area contributed by atoms with E-state index in [1.807, 2.05) is 27.7 Å². The highest BCUT2D eigenvalue weighted by Crippen LogP contribution is 2.15. The molecular weight excluding hydrogens is 537 g/mol. The van der Waals surface area contributed by atoms with Gasteiger partial charge in [-0.25, -0.2) is 17.9 Å². The van der Waals surface area contributed by atoms with Crippen molar-refractivity contribution in [1.82, 2.24) is 20.3 Å². The fourth-order valence-electron chi connectivity index (χ4n) is 3.10. The molecule has 0 spiro atoms. The van der Waals surface area contributed by atoms with Crippen molar-refractivity contribution < 1.29 is 22.7 Å². The number of carbonyl (C=O) groups excluding carboxylic acids is 1. The quantitative estimate of drug-likeness (QED) is 0.227. The van der Waals surface area contributed by atoms with Gasteiger partial charge >= 0.3 is 6.09 Å². The van der Waals surface area contributed by atoms with Gasteiger partial charge in [0.25, 0.3) is 0 Å². The minimum absolute atomic E-state index is 0. The monoisotopic (exact) mass is 575 g/mol. The summed E-state index contributed by atoms with van der Waals surface area (Å²) in [6.45, 7) is 10.3. The number of halogens is 1. The number of hydrogen-bond acceptors (Lipinski definition) is 6. The van der Waals surface area contributed by atoms with E-state index in [9.17, 15) is 13.2 Å². The molecule has 0 aromatic heterocycles. The number of nitrogens with zero attached hydrogens (tertiary/aromatic N) is 2. The maximum absolute atomic E-state index is 12.2. The molecule has 0 aromatic carbocycles.